The Kier molecular flexibility index (Phi) is 4.00. The molecule has 1 aromatic carbocycles. The standard InChI is InChI=1S/C18H22O3/c1-2-3-9-14-17(19)16(18(20)21-14)15(13-10-11-13)12-7-5-4-6-8-12/h4-8,13-15,19H,2-3,9-11H2,1H3. The number of aliphatic hydroxyl groups is 1. The fraction of sp³-hybridized carbons (Fsp3) is 0.500. The Morgan fingerprint density at radius 2 is 2.00 bits per heavy atom. The summed E-state index contributed by atoms with van der Waals surface area (Å²) in [5.74, 6) is 0.302. The first kappa shape index (κ1) is 14.2. The van der Waals surface area contributed by atoms with Crippen molar-refractivity contribution in [3.8, 4) is 0 Å². The highest BCUT2D eigenvalue weighted by Gasteiger charge is 2.44. The number of carbonyl (C=O) groups is 1. The van der Waals surface area contributed by atoms with Gasteiger partial charge in [-0.3, -0.25) is 0 Å². The van der Waals surface area contributed by atoms with Crippen LogP contribution in [0.3, 0.4) is 0 Å². The minimum absolute atomic E-state index is 0.00896. The highest BCUT2D eigenvalue weighted by atomic mass is 16.6. The van der Waals surface area contributed by atoms with Crippen LogP contribution in [0.25, 0.3) is 0 Å². The molecule has 1 aromatic rings. The average Bonchev–Trinajstić information content (AvgIpc) is 3.29. The zero-order valence-electron chi connectivity index (χ0n) is 12.4. The van der Waals surface area contributed by atoms with Gasteiger partial charge in [-0.15, -0.1) is 0 Å². The molecule has 3 nitrogen and oxygen atoms in total. The lowest BCUT2D eigenvalue weighted by atomic mass is 9.86. The number of hydrogen-bond donors (Lipinski definition) is 1. The Labute approximate surface area is 125 Å². The average molecular weight is 286 g/mol. The summed E-state index contributed by atoms with van der Waals surface area (Å²) in [6, 6.07) is 10.0. The van der Waals surface area contributed by atoms with Crippen molar-refractivity contribution in [2.45, 2.75) is 51.0 Å². The topological polar surface area (TPSA) is 46.5 Å². The van der Waals surface area contributed by atoms with E-state index in [4.69, 9.17) is 4.74 Å². The molecule has 0 saturated heterocycles. The number of ether oxygens (including phenoxy) is 1. The van der Waals surface area contributed by atoms with Gasteiger partial charge in [-0.05, 0) is 37.2 Å². The third-order valence-corrected chi connectivity index (χ3v) is 4.43. The normalized spacial score (nSPS) is 23.3. The Bertz CT molecular complexity index is 543. The molecule has 112 valence electrons. The lowest BCUT2D eigenvalue weighted by molar-refractivity contribution is -0.140. The van der Waals surface area contributed by atoms with Gasteiger partial charge in [-0.2, -0.15) is 0 Å². The van der Waals surface area contributed by atoms with Gasteiger partial charge in [0, 0.05) is 5.92 Å². The summed E-state index contributed by atoms with van der Waals surface area (Å²) in [6.07, 6.45) is 4.49. The molecule has 2 atom stereocenters. The highest BCUT2D eigenvalue weighted by molar-refractivity contribution is 5.93. The van der Waals surface area contributed by atoms with Crippen LogP contribution in [0.5, 0.6) is 0 Å². The van der Waals surface area contributed by atoms with Gasteiger partial charge in [-0.1, -0.05) is 43.7 Å². The van der Waals surface area contributed by atoms with E-state index in [9.17, 15) is 9.90 Å². The van der Waals surface area contributed by atoms with Crippen molar-refractivity contribution in [2.75, 3.05) is 0 Å². The number of esters is 1. The fourth-order valence-corrected chi connectivity index (χ4v) is 3.16. The Morgan fingerprint density at radius 1 is 1.29 bits per heavy atom. The molecule has 3 heteroatoms. The highest BCUT2D eigenvalue weighted by Crippen LogP contribution is 2.49. The van der Waals surface area contributed by atoms with Gasteiger partial charge in [0.1, 0.15) is 5.76 Å². The predicted molar refractivity (Wildman–Crippen MR) is 81.0 cm³/mol. The van der Waals surface area contributed by atoms with Gasteiger partial charge >= 0.3 is 5.97 Å². The van der Waals surface area contributed by atoms with E-state index in [0.29, 0.717) is 17.9 Å². The van der Waals surface area contributed by atoms with Gasteiger partial charge in [0.2, 0.25) is 0 Å². The lowest BCUT2D eigenvalue weighted by Gasteiger charge is -2.16. The van der Waals surface area contributed by atoms with Crippen molar-refractivity contribution in [3.63, 3.8) is 0 Å². The summed E-state index contributed by atoms with van der Waals surface area (Å²) in [7, 11) is 0. The van der Waals surface area contributed by atoms with Crippen molar-refractivity contribution < 1.29 is 14.6 Å². The molecule has 2 unspecified atom stereocenters. The quantitative estimate of drug-likeness (QED) is 0.801. The molecule has 21 heavy (non-hydrogen) atoms. The van der Waals surface area contributed by atoms with Crippen LogP contribution in [0, 0.1) is 5.92 Å². The first-order valence-corrected chi connectivity index (χ1v) is 7.91. The number of aliphatic hydroxyl groups excluding tert-OH is 1. The van der Waals surface area contributed by atoms with Crippen LogP contribution < -0.4 is 0 Å². The van der Waals surface area contributed by atoms with Crippen molar-refractivity contribution in [1.29, 1.82) is 0 Å². The molecule has 0 spiro atoms. The second-order valence-electron chi connectivity index (χ2n) is 6.06. The van der Waals surface area contributed by atoms with Crippen LogP contribution in [0.4, 0.5) is 0 Å². The Balaban J connectivity index is 1.91. The van der Waals surface area contributed by atoms with E-state index in [1.807, 2.05) is 30.3 Å². The number of hydrogen-bond acceptors (Lipinski definition) is 3. The molecule has 0 amide bonds. The van der Waals surface area contributed by atoms with Crippen LogP contribution >= 0.6 is 0 Å². The van der Waals surface area contributed by atoms with Crippen molar-refractivity contribution in [3.05, 3.63) is 47.2 Å². The molecular formula is C18H22O3. The number of carbonyl (C=O) groups excluding carboxylic acids is 1. The van der Waals surface area contributed by atoms with Gasteiger partial charge in [0.05, 0.1) is 5.57 Å². The lowest BCUT2D eigenvalue weighted by Crippen LogP contribution is -2.12. The van der Waals surface area contributed by atoms with Crippen molar-refractivity contribution in [1.82, 2.24) is 0 Å². The van der Waals surface area contributed by atoms with E-state index < -0.39 is 6.10 Å². The van der Waals surface area contributed by atoms with Crippen LogP contribution in [-0.2, 0) is 9.53 Å². The van der Waals surface area contributed by atoms with E-state index in [0.717, 1.165) is 31.2 Å². The van der Waals surface area contributed by atoms with E-state index in [1.54, 1.807) is 0 Å². The first-order chi connectivity index (χ1) is 10.2. The predicted octanol–water partition coefficient (Wildman–Crippen LogP) is 4.11. The minimum Gasteiger partial charge on any atom is -0.508 e. The molecular weight excluding hydrogens is 264 g/mol. The second kappa shape index (κ2) is 5.92. The van der Waals surface area contributed by atoms with Gasteiger partial charge in [-0.25, -0.2) is 4.79 Å². The van der Waals surface area contributed by atoms with Gasteiger partial charge in [0.15, 0.2) is 6.10 Å². The SMILES string of the molecule is CCCCC1OC(=O)C(C(c2ccccc2)C2CC2)=C1O. The van der Waals surface area contributed by atoms with Crippen LogP contribution in [0.2, 0.25) is 0 Å². The zero-order chi connectivity index (χ0) is 14.8. The number of cyclic esters (lactones) is 1. The summed E-state index contributed by atoms with van der Waals surface area (Å²) in [5.41, 5.74) is 1.61. The minimum atomic E-state index is -0.433. The maximum atomic E-state index is 12.3. The molecule has 0 radical (unpaired) electrons. The molecule has 1 heterocycles. The maximum absolute atomic E-state index is 12.3. The molecule has 2 aliphatic rings. The molecule has 1 N–H and O–H groups in total. The zero-order valence-corrected chi connectivity index (χ0v) is 12.4. The molecule has 3 rings (SSSR count). The van der Waals surface area contributed by atoms with Gasteiger partial charge in [0.25, 0.3) is 0 Å². The van der Waals surface area contributed by atoms with Crippen LogP contribution in [-0.4, -0.2) is 17.2 Å². The Morgan fingerprint density at radius 3 is 2.62 bits per heavy atom. The number of rotatable bonds is 6. The van der Waals surface area contributed by atoms with E-state index in [-0.39, 0.29) is 17.6 Å². The van der Waals surface area contributed by atoms with Gasteiger partial charge < -0.3 is 9.84 Å². The smallest absolute Gasteiger partial charge is 0.338 e. The second-order valence-corrected chi connectivity index (χ2v) is 6.06. The molecule has 1 aliphatic carbocycles. The maximum Gasteiger partial charge on any atom is 0.338 e. The Hall–Kier alpha value is -1.77. The summed E-state index contributed by atoms with van der Waals surface area (Å²) in [5, 5.41) is 10.5. The van der Waals surface area contributed by atoms with E-state index in [1.165, 1.54) is 0 Å². The summed E-state index contributed by atoms with van der Waals surface area (Å²) in [4.78, 5) is 12.3. The van der Waals surface area contributed by atoms with E-state index >= 15 is 0 Å². The first-order valence-electron chi connectivity index (χ1n) is 7.91. The number of unbranched alkanes of at least 4 members (excludes halogenated alkanes) is 1. The summed E-state index contributed by atoms with van der Waals surface area (Å²) < 4.78 is 5.41. The van der Waals surface area contributed by atoms with Crippen molar-refractivity contribution >= 4 is 5.97 Å². The summed E-state index contributed by atoms with van der Waals surface area (Å²) >= 11 is 0. The molecule has 1 fully saturated rings. The fourth-order valence-electron chi connectivity index (χ4n) is 3.16. The molecule has 0 bridgehead atoms. The van der Waals surface area contributed by atoms with Crippen LogP contribution in [0.1, 0.15) is 50.5 Å². The third kappa shape index (κ3) is 2.82. The molecule has 1 aliphatic heterocycles. The number of benzene rings is 1. The molecule has 1 saturated carbocycles. The monoisotopic (exact) mass is 286 g/mol. The summed E-state index contributed by atoms with van der Waals surface area (Å²) in [6.45, 7) is 2.09. The van der Waals surface area contributed by atoms with Crippen molar-refractivity contribution in [2.24, 2.45) is 5.92 Å². The van der Waals surface area contributed by atoms with Crippen LogP contribution in [0.15, 0.2) is 41.7 Å². The largest absolute Gasteiger partial charge is 0.508 e. The van der Waals surface area contributed by atoms with E-state index in [2.05, 4.69) is 6.92 Å². The third-order valence-electron chi connectivity index (χ3n) is 4.43. The molecule has 0 aromatic heterocycles.